The van der Waals surface area contributed by atoms with Gasteiger partial charge in [-0.25, -0.2) is 0 Å². The first-order chi connectivity index (χ1) is 27.3. The fourth-order valence-electron chi connectivity index (χ4n) is 7.38. The van der Waals surface area contributed by atoms with Gasteiger partial charge in [0, 0.05) is 26.7 Å². The zero-order chi connectivity index (χ0) is 39.6. The number of methoxy groups -OCH3 is 1. The lowest BCUT2D eigenvalue weighted by atomic mass is 9.93. The van der Waals surface area contributed by atoms with E-state index in [1.807, 2.05) is 91.0 Å². The Morgan fingerprint density at radius 2 is 0.758 bits per heavy atom. The minimum absolute atomic E-state index is 0. The highest BCUT2D eigenvalue weighted by Gasteiger charge is 2.53. The number of aliphatic hydroxyl groups is 1. The number of halogens is 6. The summed E-state index contributed by atoms with van der Waals surface area (Å²) in [6.45, 7) is 0.629. The van der Waals surface area contributed by atoms with Crippen LogP contribution in [-0.4, -0.2) is 124 Å². The third kappa shape index (κ3) is 15.1. The number of rotatable bonds is 17. The maximum Gasteiger partial charge on any atom is 0.176 e. The molecule has 22 heteroatoms. The predicted octanol–water partition coefficient (Wildman–Crippen LogP) is 2.08. The van der Waals surface area contributed by atoms with E-state index < -0.39 is 91.9 Å². The SMILES string of the molecule is CO[C@H]1O[C@H](CN)[C@@H](O[C@H]2O[C@H](CN)[C@@H](O[C@H]3O[C@H](CN)[C@@H](O)[C@H](OCc4ccccc4)[C@H]3N)[C@H](OCc3ccccc3)[C@H]2N)[C@H](OCc2ccccc2)[C@H]1N.Cl.Cl.Cl.Cl.Cl.Cl. The summed E-state index contributed by atoms with van der Waals surface area (Å²) in [4.78, 5) is 0. The molecule has 356 valence electrons. The second-order valence-electron chi connectivity index (χ2n) is 14.3. The molecule has 0 bridgehead atoms. The second-order valence-corrected chi connectivity index (χ2v) is 14.3. The van der Waals surface area contributed by atoms with Crippen LogP contribution in [0.4, 0.5) is 0 Å². The molecule has 3 saturated heterocycles. The molecule has 0 aliphatic carbocycles. The van der Waals surface area contributed by atoms with Gasteiger partial charge in [-0.05, 0) is 16.7 Å². The monoisotopic (exact) mass is 998 g/mol. The van der Waals surface area contributed by atoms with Crippen LogP contribution in [0.1, 0.15) is 16.7 Å². The second kappa shape index (κ2) is 30.1. The summed E-state index contributed by atoms with van der Waals surface area (Å²) in [5.74, 6) is 0. The highest BCUT2D eigenvalue weighted by atomic mass is 35.5. The lowest BCUT2D eigenvalue weighted by Crippen LogP contribution is -2.70. The zero-order valence-corrected chi connectivity index (χ0v) is 39.0. The molecule has 15 atom stereocenters. The third-order valence-corrected chi connectivity index (χ3v) is 10.5. The van der Waals surface area contributed by atoms with Crippen molar-refractivity contribution < 1.29 is 47.7 Å². The summed E-state index contributed by atoms with van der Waals surface area (Å²) in [5.41, 5.74) is 41.9. The van der Waals surface area contributed by atoms with Crippen LogP contribution in [0.2, 0.25) is 0 Å². The quantitative estimate of drug-likeness (QED) is 0.102. The Morgan fingerprint density at radius 3 is 1.11 bits per heavy atom. The number of hydrogen-bond donors (Lipinski definition) is 7. The van der Waals surface area contributed by atoms with Gasteiger partial charge in [0.05, 0.1) is 37.9 Å². The average Bonchev–Trinajstić information content (AvgIpc) is 3.23. The van der Waals surface area contributed by atoms with Crippen molar-refractivity contribution in [2.45, 2.75) is 112 Å². The molecule has 0 amide bonds. The van der Waals surface area contributed by atoms with Gasteiger partial charge in [-0.3, -0.25) is 0 Å². The number of aliphatic hydroxyl groups excluding tert-OH is 1. The van der Waals surface area contributed by atoms with E-state index in [0.717, 1.165) is 16.7 Å². The van der Waals surface area contributed by atoms with Crippen LogP contribution < -0.4 is 34.4 Å². The number of hydrogen-bond acceptors (Lipinski definition) is 16. The number of benzene rings is 3. The van der Waals surface area contributed by atoms with Gasteiger partial charge in [0.25, 0.3) is 0 Å². The Balaban J connectivity index is 0.00000620. The van der Waals surface area contributed by atoms with E-state index in [2.05, 4.69) is 0 Å². The fourth-order valence-corrected chi connectivity index (χ4v) is 7.38. The molecule has 3 heterocycles. The lowest BCUT2D eigenvalue weighted by molar-refractivity contribution is -0.349. The molecule has 3 aromatic rings. The van der Waals surface area contributed by atoms with Crippen LogP contribution in [0, 0.1) is 0 Å². The Morgan fingerprint density at radius 1 is 0.452 bits per heavy atom. The Bertz CT molecular complexity index is 1600. The smallest absolute Gasteiger partial charge is 0.176 e. The standard InChI is InChI=1S/C40H58N6O10.6ClH/c1-48-38-30(45)36(50-21-24-13-7-3-8-14-24)33(27(18-42)53-38)56-40-31(46)37(51-22-25-15-9-4-10-16-25)34(28(19-43)54-40)55-39-29(44)35(32(47)26(17-41)52-39)49-20-23-11-5-2-6-12-23;;;;;;/h2-16,26-40,47H,17-22,41-46H2,1H3;6*1H/t26-,27-,28-,29-,30-,31-,32-,33-,34-,35-,36-,37-,38+,39-,40-;;;;;;/m1....../s1. The average molecular weight is 1000 g/mol. The first-order valence-corrected chi connectivity index (χ1v) is 19.1. The maximum absolute atomic E-state index is 11.2. The van der Waals surface area contributed by atoms with Gasteiger partial charge in [-0.15, -0.1) is 74.4 Å². The van der Waals surface area contributed by atoms with Crippen molar-refractivity contribution >= 4 is 74.4 Å². The first-order valence-electron chi connectivity index (χ1n) is 19.1. The summed E-state index contributed by atoms with van der Waals surface area (Å²) in [5, 5.41) is 11.2. The van der Waals surface area contributed by atoms with E-state index in [9.17, 15) is 5.11 Å². The van der Waals surface area contributed by atoms with E-state index >= 15 is 0 Å². The summed E-state index contributed by atoms with van der Waals surface area (Å²) >= 11 is 0. The third-order valence-electron chi connectivity index (χ3n) is 10.5. The van der Waals surface area contributed by atoms with Crippen LogP contribution in [0.3, 0.4) is 0 Å². The van der Waals surface area contributed by atoms with Gasteiger partial charge in [0.2, 0.25) is 0 Å². The van der Waals surface area contributed by atoms with Crippen molar-refractivity contribution in [3.63, 3.8) is 0 Å². The van der Waals surface area contributed by atoms with Crippen molar-refractivity contribution in [1.82, 2.24) is 0 Å². The molecule has 0 spiro atoms. The topological polar surface area (TPSA) is 259 Å². The Hall–Kier alpha value is -1.24. The van der Waals surface area contributed by atoms with Gasteiger partial charge in [-0.2, -0.15) is 0 Å². The van der Waals surface area contributed by atoms with E-state index in [-0.39, 0.29) is 114 Å². The van der Waals surface area contributed by atoms with Gasteiger partial charge in [0.1, 0.15) is 54.9 Å². The maximum atomic E-state index is 11.2. The predicted molar refractivity (Wildman–Crippen MR) is 248 cm³/mol. The van der Waals surface area contributed by atoms with Crippen molar-refractivity contribution in [1.29, 1.82) is 0 Å². The van der Waals surface area contributed by atoms with Crippen LogP contribution in [0.25, 0.3) is 0 Å². The number of ether oxygens (including phenoxy) is 9. The van der Waals surface area contributed by atoms with Crippen LogP contribution in [0.15, 0.2) is 91.0 Å². The molecule has 62 heavy (non-hydrogen) atoms. The first kappa shape index (κ1) is 60.8. The highest BCUT2D eigenvalue weighted by molar-refractivity contribution is 5.86. The molecule has 0 radical (unpaired) electrons. The zero-order valence-electron chi connectivity index (χ0n) is 34.1. The molecule has 3 aliphatic heterocycles. The van der Waals surface area contributed by atoms with Crippen LogP contribution in [0.5, 0.6) is 0 Å². The molecule has 0 unspecified atom stereocenters. The van der Waals surface area contributed by atoms with Crippen LogP contribution >= 0.6 is 74.4 Å². The molecule has 3 fully saturated rings. The minimum Gasteiger partial charge on any atom is -0.388 e. The van der Waals surface area contributed by atoms with Gasteiger partial charge in [-0.1, -0.05) is 91.0 Å². The van der Waals surface area contributed by atoms with Crippen molar-refractivity contribution in [2.75, 3.05) is 26.7 Å². The van der Waals surface area contributed by atoms with E-state index in [0.29, 0.717) is 0 Å². The van der Waals surface area contributed by atoms with Gasteiger partial charge >= 0.3 is 0 Å². The van der Waals surface area contributed by atoms with E-state index in [1.54, 1.807) is 0 Å². The molecule has 13 N–H and O–H groups in total. The van der Waals surface area contributed by atoms with Crippen molar-refractivity contribution in [3.05, 3.63) is 108 Å². The molecular weight excluding hydrogens is 937 g/mol. The minimum atomic E-state index is -1.12. The molecule has 0 saturated carbocycles. The van der Waals surface area contributed by atoms with Gasteiger partial charge < -0.3 is 82.1 Å². The van der Waals surface area contributed by atoms with Crippen LogP contribution in [-0.2, 0) is 62.5 Å². The summed E-state index contributed by atoms with van der Waals surface area (Å²) in [7, 11) is 1.50. The normalized spacial score (nSPS) is 32.8. The van der Waals surface area contributed by atoms with Crippen molar-refractivity contribution in [2.24, 2.45) is 34.4 Å². The molecule has 3 aromatic carbocycles. The summed E-state index contributed by atoms with van der Waals surface area (Å²) in [6.07, 6.45) is -10.8. The summed E-state index contributed by atoms with van der Waals surface area (Å²) in [6, 6.07) is 26.2. The molecule has 3 aliphatic rings. The number of nitrogens with two attached hydrogens (primary N) is 6. The Kier molecular flexibility index (Phi) is 29.5. The van der Waals surface area contributed by atoms with E-state index in [4.69, 9.17) is 77.0 Å². The van der Waals surface area contributed by atoms with Crippen molar-refractivity contribution in [3.8, 4) is 0 Å². The summed E-state index contributed by atoms with van der Waals surface area (Å²) < 4.78 is 56.9. The molecule has 6 rings (SSSR count). The lowest BCUT2D eigenvalue weighted by Gasteiger charge is -2.50. The molecule has 0 aromatic heterocycles. The Labute approximate surface area is 400 Å². The molecular formula is C40H64Cl6N6O10. The van der Waals surface area contributed by atoms with E-state index in [1.165, 1.54) is 7.11 Å². The van der Waals surface area contributed by atoms with Gasteiger partial charge in [0.15, 0.2) is 18.9 Å². The fraction of sp³-hybridized carbons (Fsp3) is 0.550. The molecule has 16 nitrogen and oxygen atoms in total. The largest absolute Gasteiger partial charge is 0.388 e. The highest BCUT2D eigenvalue weighted by Crippen LogP contribution is 2.34.